The average molecular weight is 421 g/mol. The van der Waals surface area contributed by atoms with Gasteiger partial charge in [-0.05, 0) is 35.4 Å². The van der Waals surface area contributed by atoms with Crippen molar-refractivity contribution in [2.75, 3.05) is 46.1 Å². The van der Waals surface area contributed by atoms with Crippen LogP contribution in [-0.4, -0.2) is 51.0 Å². The Morgan fingerprint density at radius 2 is 1.79 bits per heavy atom. The van der Waals surface area contributed by atoms with Crippen molar-refractivity contribution in [3.05, 3.63) is 58.4 Å². The minimum atomic E-state index is -0.218. The first kappa shape index (κ1) is 20.4. The molecule has 7 heteroatoms. The summed E-state index contributed by atoms with van der Waals surface area (Å²) in [6.45, 7) is 5.78. The van der Waals surface area contributed by atoms with Gasteiger partial charge >= 0.3 is 0 Å². The van der Waals surface area contributed by atoms with E-state index < -0.39 is 0 Å². The molecule has 1 unspecified atom stereocenters. The molecule has 0 saturated carbocycles. The minimum Gasteiger partial charge on any atom is -0.489 e. The maximum atomic E-state index is 13.4. The summed E-state index contributed by atoms with van der Waals surface area (Å²) in [6.07, 6.45) is 0.845. The standard InChI is InChI=1S/C22H26ClFN2O3/c23-19-12-16(13-21-22(19)29-9-1-8-28-21)14-25-15-20(26-6-10-27-11-7-26)17-2-4-18(24)5-3-17/h2-5,12-13,20,25H,1,6-11,14-15H2. The second-order valence-electron chi connectivity index (χ2n) is 7.30. The zero-order valence-electron chi connectivity index (χ0n) is 16.3. The van der Waals surface area contributed by atoms with Gasteiger partial charge in [0.2, 0.25) is 0 Å². The molecule has 4 rings (SSSR count). The Bertz CT molecular complexity index is 812. The first-order valence-corrected chi connectivity index (χ1v) is 10.4. The smallest absolute Gasteiger partial charge is 0.179 e. The van der Waals surface area contributed by atoms with Crippen molar-refractivity contribution in [3.8, 4) is 11.5 Å². The highest BCUT2D eigenvalue weighted by atomic mass is 35.5. The van der Waals surface area contributed by atoms with E-state index in [0.717, 1.165) is 50.4 Å². The first-order chi connectivity index (χ1) is 14.2. The molecule has 1 atom stereocenters. The summed E-state index contributed by atoms with van der Waals surface area (Å²) in [5.74, 6) is 1.12. The molecule has 1 fully saturated rings. The molecule has 1 N–H and O–H groups in total. The maximum Gasteiger partial charge on any atom is 0.179 e. The number of nitrogens with one attached hydrogen (secondary N) is 1. The molecule has 2 aliphatic rings. The van der Waals surface area contributed by atoms with E-state index in [0.29, 0.717) is 36.3 Å². The molecule has 2 aliphatic heterocycles. The van der Waals surface area contributed by atoms with Crippen LogP contribution in [0.2, 0.25) is 5.02 Å². The molecule has 0 aliphatic carbocycles. The van der Waals surface area contributed by atoms with Crippen LogP contribution in [0, 0.1) is 5.82 Å². The van der Waals surface area contributed by atoms with Gasteiger partial charge in [0.05, 0.1) is 31.5 Å². The minimum absolute atomic E-state index is 0.149. The Morgan fingerprint density at radius 3 is 2.59 bits per heavy atom. The van der Waals surface area contributed by atoms with Crippen molar-refractivity contribution in [1.82, 2.24) is 10.2 Å². The van der Waals surface area contributed by atoms with Crippen LogP contribution < -0.4 is 14.8 Å². The zero-order valence-corrected chi connectivity index (χ0v) is 17.1. The fourth-order valence-corrected chi connectivity index (χ4v) is 4.06. The molecule has 0 bridgehead atoms. The van der Waals surface area contributed by atoms with E-state index in [4.69, 9.17) is 25.8 Å². The molecular formula is C22H26ClFN2O3. The summed E-state index contributed by atoms with van der Waals surface area (Å²) in [6, 6.07) is 10.8. The topological polar surface area (TPSA) is 43.0 Å². The molecule has 2 aromatic carbocycles. The lowest BCUT2D eigenvalue weighted by molar-refractivity contribution is 0.0161. The molecule has 0 aromatic heterocycles. The third-order valence-electron chi connectivity index (χ3n) is 5.27. The Kier molecular flexibility index (Phi) is 6.87. The van der Waals surface area contributed by atoms with Gasteiger partial charge in [0.25, 0.3) is 0 Å². The lowest BCUT2D eigenvalue weighted by atomic mass is 10.0. The van der Waals surface area contributed by atoms with Gasteiger partial charge in [-0.25, -0.2) is 4.39 Å². The normalized spacial score (nSPS) is 18.3. The number of ether oxygens (including phenoxy) is 3. The lowest BCUT2D eigenvalue weighted by Gasteiger charge is -2.35. The van der Waals surface area contributed by atoms with E-state index in [1.807, 2.05) is 24.3 Å². The van der Waals surface area contributed by atoms with Crippen LogP contribution in [0.15, 0.2) is 36.4 Å². The molecule has 5 nitrogen and oxygen atoms in total. The van der Waals surface area contributed by atoms with Crippen LogP contribution in [0.3, 0.4) is 0 Å². The number of morpholine rings is 1. The van der Waals surface area contributed by atoms with E-state index in [2.05, 4.69) is 10.2 Å². The monoisotopic (exact) mass is 420 g/mol. The highest BCUT2D eigenvalue weighted by molar-refractivity contribution is 6.32. The van der Waals surface area contributed by atoms with E-state index in [1.165, 1.54) is 12.1 Å². The van der Waals surface area contributed by atoms with E-state index in [-0.39, 0.29) is 11.9 Å². The number of nitrogens with zero attached hydrogens (tertiary/aromatic N) is 1. The Balaban J connectivity index is 1.44. The van der Waals surface area contributed by atoms with Crippen molar-refractivity contribution in [3.63, 3.8) is 0 Å². The van der Waals surface area contributed by atoms with E-state index >= 15 is 0 Å². The van der Waals surface area contributed by atoms with Crippen molar-refractivity contribution in [2.45, 2.75) is 19.0 Å². The SMILES string of the molecule is Fc1ccc(C(CNCc2cc(Cl)c3c(c2)OCCCO3)N2CCOCC2)cc1. The van der Waals surface area contributed by atoms with Crippen molar-refractivity contribution in [1.29, 1.82) is 0 Å². The van der Waals surface area contributed by atoms with Gasteiger partial charge in [-0.1, -0.05) is 23.7 Å². The summed E-state index contributed by atoms with van der Waals surface area (Å²) in [5.41, 5.74) is 2.14. The number of halogens is 2. The third-order valence-corrected chi connectivity index (χ3v) is 5.55. The molecule has 156 valence electrons. The molecule has 2 aromatic rings. The van der Waals surface area contributed by atoms with Crippen molar-refractivity contribution in [2.24, 2.45) is 0 Å². The van der Waals surface area contributed by atoms with Crippen molar-refractivity contribution < 1.29 is 18.6 Å². The van der Waals surface area contributed by atoms with Crippen LogP contribution >= 0.6 is 11.6 Å². The van der Waals surface area contributed by atoms with Gasteiger partial charge in [-0.15, -0.1) is 0 Å². The second kappa shape index (κ2) is 9.76. The summed E-state index contributed by atoms with van der Waals surface area (Å²) in [5, 5.41) is 4.10. The molecular weight excluding hydrogens is 395 g/mol. The van der Waals surface area contributed by atoms with Crippen LogP contribution in [-0.2, 0) is 11.3 Å². The largest absolute Gasteiger partial charge is 0.489 e. The van der Waals surface area contributed by atoms with E-state index in [9.17, 15) is 4.39 Å². The van der Waals surface area contributed by atoms with Crippen LogP contribution in [0.1, 0.15) is 23.6 Å². The van der Waals surface area contributed by atoms with Crippen LogP contribution in [0.25, 0.3) is 0 Å². The fraction of sp³-hybridized carbons (Fsp3) is 0.455. The van der Waals surface area contributed by atoms with Gasteiger partial charge in [0.15, 0.2) is 11.5 Å². The quantitative estimate of drug-likeness (QED) is 0.769. The lowest BCUT2D eigenvalue weighted by Crippen LogP contribution is -2.42. The molecule has 0 radical (unpaired) electrons. The van der Waals surface area contributed by atoms with Gasteiger partial charge in [0, 0.05) is 38.6 Å². The number of rotatable bonds is 6. The summed E-state index contributed by atoms with van der Waals surface area (Å²) in [4.78, 5) is 2.38. The predicted molar refractivity (Wildman–Crippen MR) is 110 cm³/mol. The summed E-state index contributed by atoms with van der Waals surface area (Å²) < 4.78 is 30.4. The predicted octanol–water partition coefficient (Wildman–Crippen LogP) is 3.80. The fourth-order valence-electron chi connectivity index (χ4n) is 3.77. The number of hydrogen-bond acceptors (Lipinski definition) is 5. The van der Waals surface area contributed by atoms with Gasteiger partial charge in [0.1, 0.15) is 5.82 Å². The Labute approximate surface area is 175 Å². The van der Waals surface area contributed by atoms with E-state index in [1.54, 1.807) is 0 Å². The zero-order chi connectivity index (χ0) is 20.1. The summed E-state index contributed by atoms with van der Waals surface area (Å²) >= 11 is 6.40. The molecule has 0 amide bonds. The maximum absolute atomic E-state index is 13.4. The van der Waals surface area contributed by atoms with Gasteiger partial charge in [-0.2, -0.15) is 0 Å². The molecule has 0 spiro atoms. The van der Waals surface area contributed by atoms with Gasteiger partial charge in [-0.3, -0.25) is 4.90 Å². The Hall–Kier alpha value is -1.86. The average Bonchev–Trinajstić information content (AvgIpc) is 2.99. The number of hydrogen-bond donors (Lipinski definition) is 1. The number of fused-ring (bicyclic) bond motifs is 1. The Morgan fingerprint density at radius 1 is 1.03 bits per heavy atom. The van der Waals surface area contributed by atoms with Crippen LogP contribution in [0.5, 0.6) is 11.5 Å². The second-order valence-corrected chi connectivity index (χ2v) is 7.71. The summed E-state index contributed by atoms with van der Waals surface area (Å²) in [7, 11) is 0. The number of benzene rings is 2. The highest BCUT2D eigenvalue weighted by Gasteiger charge is 2.23. The highest BCUT2D eigenvalue weighted by Crippen LogP contribution is 2.38. The first-order valence-electron chi connectivity index (χ1n) is 10.1. The molecule has 29 heavy (non-hydrogen) atoms. The van der Waals surface area contributed by atoms with Crippen LogP contribution in [0.4, 0.5) is 4.39 Å². The third kappa shape index (κ3) is 5.20. The van der Waals surface area contributed by atoms with Crippen molar-refractivity contribution >= 4 is 11.6 Å². The van der Waals surface area contributed by atoms with Gasteiger partial charge < -0.3 is 19.5 Å². The molecule has 2 heterocycles. The molecule has 1 saturated heterocycles.